The van der Waals surface area contributed by atoms with Gasteiger partial charge in [0.2, 0.25) is 0 Å². The van der Waals surface area contributed by atoms with Gasteiger partial charge in [-0.25, -0.2) is 9.48 Å². The summed E-state index contributed by atoms with van der Waals surface area (Å²) < 4.78 is 1.09. The molecule has 1 aromatic carbocycles. The molecule has 0 radical (unpaired) electrons. The average Bonchev–Trinajstić information content (AvgIpc) is 2.47. The predicted molar refractivity (Wildman–Crippen MR) is 77.2 cm³/mol. The van der Waals surface area contributed by atoms with Gasteiger partial charge in [-0.2, -0.15) is 0 Å². The minimum absolute atomic E-state index is 0.236. The summed E-state index contributed by atoms with van der Waals surface area (Å²) in [4.78, 5) is 35.3. The van der Waals surface area contributed by atoms with Crippen LogP contribution in [0.5, 0.6) is 0 Å². The molecule has 0 aliphatic rings. The maximum atomic E-state index is 12.1. The fourth-order valence-corrected chi connectivity index (χ4v) is 2.01. The standard InChI is InChI=1S/C14H17N3O3/c1-2-3-6-9-15-14(20)17-11-8-5-4-7-10(11)12(18)13(19)16-17/h4-5,7-8H,2-3,6,9H2,1H3,(H,15,20)(H,16,19). The smallest absolute Gasteiger partial charge is 0.336 e. The summed E-state index contributed by atoms with van der Waals surface area (Å²) in [6, 6.07) is 6.09. The molecule has 0 aliphatic heterocycles. The van der Waals surface area contributed by atoms with Crippen LogP contribution in [0.2, 0.25) is 0 Å². The van der Waals surface area contributed by atoms with Crippen LogP contribution in [0, 0.1) is 0 Å². The number of aromatic nitrogens is 2. The van der Waals surface area contributed by atoms with Crippen LogP contribution >= 0.6 is 0 Å². The lowest BCUT2D eigenvalue weighted by Crippen LogP contribution is -2.38. The largest absolute Gasteiger partial charge is 0.340 e. The lowest BCUT2D eigenvalue weighted by Gasteiger charge is -2.10. The van der Waals surface area contributed by atoms with Crippen molar-refractivity contribution in [2.24, 2.45) is 0 Å². The van der Waals surface area contributed by atoms with E-state index in [-0.39, 0.29) is 5.39 Å². The number of H-pyrrole nitrogens is 1. The van der Waals surface area contributed by atoms with Crippen LogP contribution in [0.4, 0.5) is 4.79 Å². The number of nitrogens with zero attached hydrogens (tertiary/aromatic N) is 1. The lowest BCUT2D eigenvalue weighted by molar-refractivity contribution is 0.240. The fraction of sp³-hybridized carbons (Fsp3) is 0.357. The van der Waals surface area contributed by atoms with Crippen molar-refractivity contribution in [3.05, 3.63) is 44.8 Å². The van der Waals surface area contributed by atoms with Gasteiger partial charge in [0.15, 0.2) is 0 Å². The van der Waals surface area contributed by atoms with Gasteiger partial charge in [0.25, 0.3) is 5.43 Å². The number of hydrogen-bond donors (Lipinski definition) is 2. The molecule has 1 amide bonds. The normalized spacial score (nSPS) is 10.7. The van der Waals surface area contributed by atoms with Gasteiger partial charge in [-0.15, -0.1) is 0 Å². The molecule has 0 saturated carbocycles. The molecule has 1 aromatic heterocycles. The van der Waals surface area contributed by atoms with Crippen LogP contribution in [0.25, 0.3) is 10.9 Å². The number of carbonyl (C=O) groups is 1. The van der Waals surface area contributed by atoms with E-state index in [0.29, 0.717) is 12.1 Å². The molecule has 0 bridgehead atoms. The third kappa shape index (κ3) is 2.79. The first kappa shape index (κ1) is 14.0. The van der Waals surface area contributed by atoms with Crippen LogP contribution in [0.1, 0.15) is 26.2 Å². The Kier molecular flexibility index (Phi) is 4.34. The number of hydrogen-bond acceptors (Lipinski definition) is 3. The minimum atomic E-state index is -0.799. The van der Waals surface area contributed by atoms with E-state index < -0.39 is 17.0 Å². The van der Waals surface area contributed by atoms with E-state index in [1.165, 1.54) is 6.07 Å². The first-order valence-electron chi connectivity index (χ1n) is 6.67. The van der Waals surface area contributed by atoms with Gasteiger partial charge in [-0.3, -0.25) is 14.7 Å². The monoisotopic (exact) mass is 275 g/mol. The van der Waals surface area contributed by atoms with Crippen LogP contribution in [-0.4, -0.2) is 22.4 Å². The molecule has 0 fully saturated rings. The number of rotatable bonds is 4. The summed E-state index contributed by atoms with van der Waals surface area (Å²) in [5.41, 5.74) is -1.03. The van der Waals surface area contributed by atoms with Crippen molar-refractivity contribution in [2.45, 2.75) is 26.2 Å². The number of carbonyl (C=O) groups excluding carboxylic acids is 1. The molecule has 106 valence electrons. The summed E-state index contributed by atoms with van der Waals surface area (Å²) >= 11 is 0. The van der Waals surface area contributed by atoms with E-state index in [0.717, 1.165) is 23.9 Å². The Labute approximate surface area is 115 Å². The van der Waals surface area contributed by atoms with Crippen molar-refractivity contribution >= 4 is 16.9 Å². The van der Waals surface area contributed by atoms with E-state index >= 15 is 0 Å². The zero-order valence-electron chi connectivity index (χ0n) is 11.3. The average molecular weight is 275 g/mol. The molecule has 1 heterocycles. The molecule has 0 unspecified atom stereocenters. The molecule has 0 atom stereocenters. The van der Waals surface area contributed by atoms with Gasteiger partial charge in [0.05, 0.1) is 10.9 Å². The van der Waals surface area contributed by atoms with Crippen LogP contribution in [-0.2, 0) is 0 Å². The van der Waals surface area contributed by atoms with Crippen LogP contribution in [0.3, 0.4) is 0 Å². The number of aromatic amines is 1. The second kappa shape index (κ2) is 6.18. The van der Waals surface area contributed by atoms with Crippen LogP contribution in [0.15, 0.2) is 33.9 Å². The Morgan fingerprint density at radius 1 is 1.25 bits per heavy atom. The number of para-hydroxylation sites is 1. The van der Waals surface area contributed by atoms with Gasteiger partial charge < -0.3 is 5.32 Å². The summed E-state index contributed by atoms with van der Waals surface area (Å²) in [7, 11) is 0. The molecule has 6 nitrogen and oxygen atoms in total. The zero-order chi connectivity index (χ0) is 14.5. The highest BCUT2D eigenvalue weighted by Crippen LogP contribution is 2.06. The molecule has 0 saturated heterocycles. The summed E-state index contributed by atoms with van der Waals surface area (Å²) in [6.07, 6.45) is 2.97. The molecular formula is C14H17N3O3. The van der Waals surface area contributed by atoms with E-state index in [9.17, 15) is 14.4 Å². The summed E-state index contributed by atoms with van der Waals surface area (Å²) in [5, 5.41) is 5.26. The van der Waals surface area contributed by atoms with Gasteiger partial charge in [0, 0.05) is 6.54 Å². The van der Waals surface area contributed by atoms with Crippen molar-refractivity contribution in [1.82, 2.24) is 15.1 Å². The Morgan fingerprint density at radius 3 is 2.75 bits per heavy atom. The third-order valence-electron chi connectivity index (χ3n) is 3.07. The lowest BCUT2D eigenvalue weighted by atomic mass is 10.2. The fourth-order valence-electron chi connectivity index (χ4n) is 2.01. The second-order valence-electron chi connectivity index (χ2n) is 4.56. The minimum Gasteiger partial charge on any atom is -0.336 e. The molecule has 0 aliphatic carbocycles. The molecule has 20 heavy (non-hydrogen) atoms. The van der Waals surface area contributed by atoms with Crippen molar-refractivity contribution < 1.29 is 4.79 Å². The van der Waals surface area contributed by atoms with Gasteiger partial charge in [-0.1, -0.05) is 31.9 Å². The molecule has 0 spiro atoms. The maximum Gasteiger partial charge on any atom is 0.340 e. The van der Waals surface area contributed by atoms with E-state index in [1.807, 2.05) is 0 Å². The SMILES string of the molecule is CCCCCNC(=O)n1[nH]c(=O)c(=O)c2ccccc21. The quantitative estimate of drug-likeness (QED) is 0.654. The first-order valence-corrected chi connectivity index (χ1v) is 6.67. The van der Waals surface area contributed by atoms with Crippen molar-refractivity contribution in [3.8, 4) is 0 Å². The maximum absolute atomic E-state index is 12.1. The van der Waals surface area contributed by atoms with Crippen LogP contribution < -0.4 is 16.3 Å². The van der Waals surface area contributed by atoms with E-state index in [2.05, 4.69) is 17.3 Å². The Bertz CT molecular complexity index is 730. The summed E-state index contributed by atoms with van der Waals surface area (Å²) in [6.45, 7) is 2.61. The number of amides is 1. The summed E-state index contributed by atoms with van der Waals surface area (Å²) in [5.74, 6) is 0. The highest BCUT2D eigenvalue weighted by atomic mass is 16.2. The number of fused-ring (bicyclic) bond motifs is 1. The topological polar surface area (TPSA) is 84.0 Å². The van der Waals surface area contributed by atoms with Gasteiger partial charge in [-0.05, 0) is 18.6 Å². The van der Waals surface area contributed by atoms with Gasteiger partial charge in [0.1, 0.15) is 0 Å². The number of unbranched alkanes of at least 4 members (excludes halogenated alkanes) is 2. The molecular weight excluding hydrogens is 258 g/mol. The number of benzene rings is 1. The van der Waals surface area contributed by atoms with E-state index in [4.69, 9.17) is 0 Å². The highest BCUT2D eigenvalue weighted by Gasteiger charge is 2.11. The highest BCUT2D eigenvalue weighted by molar-refractivity contribution is 5.88. The van der Waals surface area contributed by atoms with Crippen molar-refractivity contribution in [3.63, 3.8) is 0 Å². The third-order valence-corrected chi connectivity index (χ3v) is 3.07. The predicted octanol–water partition coefficient (Wildman–Crippen LogP) is 1.44. The molecule has 2 aromatic rings. The molecule has 6 heteroatoms. The molecule has 2 N–H and O–H groups in total. The Hall–Kier alpha value is -2.37. The molecule has 2 rings (SSSR count). The van der Waals surface area contributed by atoms with Crippen molar-refractivity contribution in [1.29, 1.82) is 0 Å². The first-order chi connectivity index (χ1) is 9.65. The van der Waals surface area contributed by atoms with Gasteiger partial charge >= 0.3 is 11.6 Å². The number of nitrogens with one attached hydrogen (secondary N) is 2. The Balaban J connectivity index is 2.35. The van der Waals surface area contributed by atoms with Crippen molar-refractivity contribution in [2.75, 3.05) is 6.54 Å². The van der Waals surface area contributed by atoms with E-state index in [1.54, 1.807) is 18.2 Å². The Morgan fingerprint density at radius 2 is 2.00 bits per heavy atom. The second-order valence-corrected chi connectivity index (χ2v) is 4.56. The zero-order valence-corrected chi connectivity index (χ0v) is 11.3.